The van der Waals surface area contributed by atoms with E-state index in [2.05, 4.69) is 147 Å². The van der Waals surface area contributed by atoms with E-state index in [1.165, 1.54) is 269 Å². The third-order valence-corrected chi connectivity index (χ3v) is 31.2. The summed E-state index contributed by atoms with van der Waals surface area (Å²) in [6, 6.07) is 67.5. The predicted octanol–water partition coefficient (Wildman–Crippen LogP) is 30.0. The Kier molecular flexibility index (Phi) is 28.1. The van der Waals surface area contributed by atoms with Gasteiger partial charge in [0.1, 0.15) is 24.7 Å². The number of fused-ring (bicyclic) bond motifs is 6. The molecule has 2 heterocycles. The van der Waals surface area contributed by atoms with Gasteiger partial charge < -0.3 is 79.0 Å². The molecule has 0 unspecified atom stereocenters. The van der Waals surface area contributed by atoms with Gasteiger partial charge in [0.2, 0.25) is 0 Å². The van der Waals surface area contributed by atoms with Gasteiger partial charge in [0.05, 0.1) is 91.6 Å². The second-order valence-electron chi connectivity index (χ2n) is 40.7. The average Bonchev–Trinajstić information content (AvgIpc) is 0.830. The standard InChI is InChI=1S/C118H134N4O12/c1-11-13-15-17-19-21-23-25-27-29-33-79-67-93-89-35-31-37-91-97-71-85(81-47-51-87(52-48-81)133-65-63-129-57-55-127-59-61-131-75-77-39-43-83(44-40-77)113-119(123)115(3,4)116(5,6)120(113)124)73-99-100-74-86(82-49-53-88(54-50-82)134-66-64-130-58-56-128-60-62-132-76-78-41-45-84(46-42-78)114-121(125)117(7,8)118(9,10)122(114)126)72-98-92-38-32-36-90-94-68-80(34-30-28-26-24-22-20-18-16-14-12-2)70-96-95(69-79)103(93)109-107(101(89)91)111(105(97)99)112(106(98)100)108(102(90)92)110(109)104(94)96/h31-32,35-54,67-74,113-114H,11-30,33-34,55-66,75-76H2,1-10H3/q-4. The number of unbranched alkanes of at least 4 members (excludes halogenated alkanes) is 18. The fourth-order valence-corrected chi connectivity index (χ4v) is 22.3. The topological polar surface area (TPSA) is 179 Å². The van der Waals surface area contributed by atoms with E-state index in [-0.39, 0.29) is 0 Å². The summed E-state index contributed by atoms with van der Waals surface area (Å²) in [5, 5.41) is 89.3. The van der Waals surface area contributed by atoms with E-state index in [1.807, 2.05) is 104 Å². The van der Waals surface area contributed by atoms with Gasteiger partial charge in [0.25, 0.3) is 0 Å². The van der Waals surface area contributed by atoms with Crippen molar-refractivity contribution >= 4 is 129 Å². The molecule has 0 atom stereocenters. The first-order chi connectivity index (χ1) is 65.2. The molecule has 16 nitrogen and oxygen atoms in total. The Balaban J connectivity index is 0.600. The van der Waals surface area contributed by atoms with Gasteiger partial charge in [0, 0.05) is 22.2 Å². The van der Waals surface area contributed by atoms with Crippen LogP contribution in [0.3, 0.4) is 0 Å². The van der Waals surface area contributed by atoms with Gasteiger partial charge in [-0.1, -0.05) is 263 Å². The number of benzene rings is 17. The molecule has 2 fully saturated rings. The van der Waals surface area contributed by atoms with Gasteiger partial charge >= 0.3 is 0 Å². The number of aryl methyl sites for hydroxylation is 2. The van der Waals surface area contributed by atoms with E-state index in [0.29, 0.717) is 104 Å². The molecule has 0 spiro atoms. The molecular weight excluding hydrogens is 1670 g/mol. The zero-order valence-corrected chi connectivity index (χ0v) is 80.6. The van der Waals surface area contributed by atoms with Crippen LogP contribution >= 0.6 is 0 Å². The molecule has 702 valence electrons. The van der Waals surface area contributed by atoms with Crippen molar-refractivity contribution in [2.45, 2.75) is 258 Å². The van der Waals surface area contributed by atoms with E-state index in [0.717, 1.165) is 78.0 Å². The SMILES string of the molecule is CCCCCCCCCCCCc1cc2c3cccc4c5cc(-c6ccc(OCCOCCOCCOCc7ccc(C8N([O-])C(C)(C)C(C)(C)N8[O-])cc7)cc6)cc6c7cc(-c8ccc(OCCOCCOCCOCc9ccc(C%10N([O-])C(C)(C)C(C)(C)N%10[O-])cc9)cc8)cc8c9cccc%10c%11cc(CCCCCCCCCCCC)cc%12c(c1)c2c1c(c34)c(c56)c(c87)c(c%109)c1c%11%12. The van der Waals surface area contributed by atoms with Gasteiger partial charge in [0.15, 0.2) is 0 Å². The molecule has 0 amide bonds. The molecule has 19 rings (SSSR count). The Morgan fingerprint density at radius 1 is 0.231 bits per heavy atom. The third kappa shape index (κ3) is 17.6. The number of rotatable bonds is 50. The third-order valence-electron chi connectivity index (χ3n) is 31.2. The minimum atomic E-state index is -0.897. The monoisotopic (exact) mass is 1800 g/mol. The van der Waals surface area contributed by atoms with Crippen LogP contribution in [0.2, 0.25) is 0 Å². The number of hydrogen-bond donors (Lipinski definition) is 0. The molecule has 0 aromatic heterocycles. The quantitative estimate of drug-likeness (QED) is 0.0199. The predicted molar refractivity (Wildman–Crippen MR) is 555 cm³/mol. The first kappa shape index (κ1) is 93.5. The normalized spacial score (nSPS) is 16.1. The van der Waals surface area contributed by atoms with Gasteiger partial charge in [-0.2, -0.15) is 0 Å². The van der Waals surface area contributed by atoms with Crippen LogP contribution < -0.4 is 9.47 Å². The minimum absolute atomic E-state index is 0.384. The molecule has 0 aliphatic carbocycles. The Labute approximate surface area is 790 Å². The van der Waals surface area contributed by atoms with Crippen molar-refractivity contribution in [2.75, 3.05) is 79.3 Å². The second-order valence-corrected chi connectivity index (χ2v) is 40.7. The minimum Gasteiger partial charge on any atom is -0.783 e. The van der Waals surface area contributed by atoms with Crippen molar-refractivity contribution in [1.29, 1.82) is 0 Å². The highest BCUT2D eigenvalue weighted by Gasteiger charge is 2.51. The van der Waals surface area contributed by atoms with Crippen molar-refractivity contribution < 1.29 is 37.9 Å². The van der Waals surface area contributed by atoms with E-state index < -0.39 is 34.5 Å². The summed E-state index contributed by atoms with van der Waals surface area (Å²) in [5.41, 5.74) is 7.30. The maximum atomic E-state index is 13.3. The summed E-state index contributed by atoms with van der Waals surface area (Å²) < 4.78 is 48.5. The zero-order chi connectivity index (χ0) is 92.6. The van der Waals surface area contributed by atoms with E-state index in [1.54, 1.807) is 0 Å². The van der Waals surface area contributed by atoms with Gasteiger partial charge in [-0.15, -0.1) is 0 Å². The van der Waals surface area contributed by atoms with Crippen LogP contribution in [-0.4, -0.2) is 122 Å². The zero-order valence-electron chi connectivity index (χ0n) is 80.6. The Hall–Kier alpha value is -9.54. The molecule has 134 heavy (non-hydrogen) atoms. The largest absolute Gasteiger partial charge is 0.783 e. The number of hydrogen-bond acceptors (Lipinski definition) is 16. The van der Waals surface area contributed by atoms with Crippen LogP contribution in [0, 0.1) is 20.8 Å². The van der Waals surface area contributed by atoms with Crippen molar-refractivity contribution in [2.24, 2.45) is 0 Å². The lowest BCUT2D eigenvalue weighted by Gasteiger charge is -2.46. The molecule has 0 bridgehead atoms. The van der Waals surface area contributed by atoms with Gasteiger partial charge in [-0.25, -0.2) is 0 Å². The molecule has 17 aromatic carbocycles. The van der Waals surface area contributed by atoms with Crippen molar-refractivity contribution in [1.82, 2.24) is 20.3 Å². The van der Waals surface area contributed by atoms with E-state index in [4.69, 9.17) is 37.9 Å². The maximum Gasteiger partial charge on any atom is 0.119 e. The second kappa shape index (κ2) is 40.3. The van der Waals surface area contributed by atoms with Crippen LogP contribution in [-0.2, 0) is 54.5 Å². The molecule has 0 saturated carbocycles. The molecule has 2 aliphatic rings. The van der Waals surface area contributed by atoms with E-state index >= 15 is 0 Å². The Bertz CT molecular complexity index is 6340. The average molecular weight is 1800 g/mol. The Morgan fingerprint density at radius 3 is 0.761 bits per heavy atom. The Morgan fingerprint density at radius 2 is 0.470 bits per heavy atom. The van der Waals surface area contributed by atoms with Crippen molar-refractivity contribution in [3.63, 3.8) is 0 Å². The molecule has 0 N–H and O–H groups in total. The van der Waals surface area contributed by atoms with Gasteiger partial charge in [-0.3, -0.25) is 0 Å². The first-order valence-electron chi connectivity index (χ1n) is 50.4. The summed E-state index contributed by atoms with van der Waals surface area (Å²) >= 11 is 0. The molecule has 16 heteroatoms. The smallest absolute Gasteiger partial charge is 0.119 e. The van der Waals surface area contributed by atoms with Crippen molar-refractivity contribution in [3.05, 3.63) is 236 Å². The summed E-state index contributed by atoms with van der Waals surface area (Å²) in [6.07, 6.45) is 26.7. The number of ether oxygens (including phenoxy) is 8. The fourth-order valence-electron chi connectivity index (χ4n) is 22.3. The van der Waals surface area contributed by atoms with Crippen LogP contribution in [0.4, 0.5) is 0 Å². The lowest BCUT2D eigenvalue weighted by atomic mass is 9.72. The lowest BCUT2D eigenvalue weighted by Crippen LogP contribution is -2.51. The molecular formula is C118H134N4O12-4. The molecule has 17 aromatic rings. The van der Waals surface area contributed by atoms with Crippen LogP contribution in [0.5, 0.6) is 11.5 Å². The van der Waals surface area contributed by atoms with Crippen LogP contribution in [0.15, 0.2) is 182 Å². The van der Waals surface area contributed by atoms with Crippen molar-refractivity contribution in [3.8, 4) is 33.8 Å². The highest BCUT2D eigenvalue weighted by molar-refractivity contribution is 6.61. The summed E-state index contributed by atoms with van der Waals surface area (Å²) in [6.45, 7) is 24.9. The number of nitrogens with zero attached hydrogens (tertiary/aromatic N) is 4. The highest BCUT2D eigenvalue weighted by Crippen LogP contribution is 2.62. The van der Waals surface area contributed by atoms with Crippen LogP contribution in [0.25, 0.3) is 152 Å². The molecule has 2 saturated heterocycles. The fraction of sp³-hybridized carbons (Fsp3) is 0.441. The van der Waals surface area contributed by atoms with E-state index in [9.17, 15) is 20.8 Å². The summed E-state index contributed by atoms with van der Waals surface area (Å²) in [4.78, 5) is 0. The van der Waals surface area contributed by atoms with Crippen LogP contribution in [0.1, 0.15) is 243 Å². The summed E-state index contributed by atoms with van der Waals surface area (Å²) in [7, 11) is 0. The highest BCUT2D eigenvalue weighted by atomic mass is 16.6. The summed E-state index contributed by atoms with van der Waals surface area (Å²) in [5.74, 6) is 1.55. The number of hydroxylamine groups is 8. The molecule has 2 aliphatic heterocycles. The maximum absolute atomic E-state index is 13.3. The first-order valence-corrected chi connectivity index (χ1v) is 50.4. The molecule has 0 radical (unpaired) electrons. The van der Waals surface area contributed by atoms with Gasteiger partial charge in [-0.05, 0) is 315 Å². The lowest BCUT2D eigenvalue weighted by molar-refractivity contribution is 0.00596.